The molecule has 4 nitrogen and oxygen atoms in total. The van der Waals surface area contributed by atoms with Gasteiger partial charge in [0.05, 0.1) is 11.1 Å². The molecule has 1 aliphatic heterocycles. The normalized spacial score (nSPS) is 15.0. The second kappa shape index (κ2) is 4.46. The molecule has 1 aromatic carbocycles. The summed E-state index contributed by atoms with van der Waals surface area (Å²) in [4.78, 5) is 12.5. The minimum Gasteiger partial charge on any atom is -0.616 e. The maximum atomic E-state index is 11.8. The number of benzene rings is 1. The van der Waals surface area contributed by atoms with Gasteiger partial charge in [-0.15, -0.1) is 11.3 Å². The number of hydrogen-bond acceptors (Lipinski definition) is 5. The molecule has 6 heteroatoms. The molecule has 0 spiro atoms. The van der Waals surface area contributed by atoms with Crippen LogP contribution in [0.3, 0.4) is 0 Å². The minimum absolute atomic E-state index is 0.0690. The topological polar surface area (TPSA) is 58.6 Å². The van der Waals surface area contributed by atoms with Crippen LogP contribution in [0.5, 0.6) is 11.5 Å². The number of ketones is 1. The zero-order valence-corrected chi connectivity index (χ0v) is 11.2. The van der Waals surface area contributed by atoms with E-state index in [1.807, 2.05) is 18.2 Å². The fraction of sp³-hybridized carbons (Fsp3) is 0.250. The van der Waals surface area contributed by atoms with Gasteiger partial charge in [0.1, 0.15) is 0 Å². The summed E-state index contributed by atoms with van der Waals surface area (Å²) in [5, 5.41) is 0.953. The zero-order valence-electron chi connectivity index (χ0n) is 9.60. The van der Waals surface area contributed by atoms with Crippen LogP contribution in [0.4, 0.5) is 0 Å². The van der Waals surface area contributed by atoms with Crippen molar-refractivity contribution in [3.8, 4) is 11.5 Å². The van der Waals surface area contributed by atoms with Gasteiger partial charge in [0.25, 0.3) is 0 Å². The Balaban J connectivity index is 1.99. The van der Waals surface area contributed by atoms with Gasteiger partial charge < -0.3 is 14.0 Å². The number of Topliss-reactive ketones (excluding diaryl/α,β-unsaturated/α-hetero) is 1. The van der Waals surface area contributed by atoms with Gasteiger partial charge >= 0.3 is 0 Å². The van der Waals surface area contributed by atoms with Crippen molar-refractivity contribution in [2.75, 3.05) is 18.8 Å². The van der Waals surface area contributed by atoms with E-state index in [0.29, 0.717) is 16.4 Å². The smallest absolute Gasteiger partial charge is 0.231 e. The molecule has 2 aromatic rings. The van der Waals surface area contributed by atoms with Crippen LogP contribution >= 0.6 is 11.3 Å². The Morgan fingerprint density at radius 3 is 2.83 bits per heavy atom. The summed E-state index contributed by atoms with van der Waals surface area (Å²) in [6, 6.07) is 5.56. The first-order valence-corrected chi connectivity index (χ1v) is 7.84. The summed E-state index contributed by atoms with van der Waals surface area (Å²) in [6.45, 7) is 0.243. The highest BCUT2D eigenvalue weighted by molar-refractivity contribution is 7.91. The largest absolute Gasteiger partial charge is 0.616 e. The average Bonchev–Trinajstić information content (AvgIpc) is 2.88. The Hall–Kier alpha value is -1.24. The van der Waals surface area contributed by atoms with E-state index in [4.69, 9.17) is 9.47 Å². The summed E-state index contributed by atoms with van der Waals surface area (Å²) in [7, 11) is 0. The van der Waals surface area contributed by atoms with Crippen LogP contribution in [-0.2, 0) is 11.2 Å². The maximum absolute atomic E-state index is 11.8. The van der Waals surface area contributed by atoms with Crippen LogP contribution in [0.15, 0.2) is 18.2 Å². The summed E-state index contributed by atoms with van der Waals surface area (Å²) >= 11 is 0.285. The monoisotopic (exact) mass is 282 g/mol. The van der Waals surface area contributed by atoms with E-state index in [0.717, 1.165) is 10.1 Å². The van der Waals surface area contributed by atoms with Crippen molar-refractivity contribution in [2.45, 2.75) is 0 Å². The Kier molecular flexibility index (Phi) is 2.93. The molecule has 94 valence electrons. The predicted molar refractivity (Wildman–Crippen MR) is 71.2 cm³/mol. The number of carbonyl (C=O) groups is 1. The van der Waals surface area contributed by atoms with Crippen LogP contribution in [0.2, 0.25) is 0 Å². The molecule has 0 fully saturated rings. The van der Waals surface area contributed by atoms with E-state index in [1.54, 1.807) is 0 Å². The number of hydrogen-bond donors (Lipinski definition) is 0. The van der Waals surface area contributed by atoms with Crippen LogP contribution in [0.25, 0.3) is 10.1 Å². The minimum atomic E-state index is -1.11. The molecule has 0 N–H and O–H groups in total. The van der Waals surface area contributed by atoms with Gasteiger partial charge in [-0.05, 0) is 28.7 Å². The Bertz CT molecular complexity index is 577. The van der Waals surface area contributed by atoms with E-state index in [-0.39, 0.29) is 18.3 Å². The second-order valence-electron chi connectivity index (χ2n) is 3.99. The lowest BCUT2D eigenvalue weighted by Crippen LogP contribution is -2.13. The molecule has 1 aromatic heterocycles. The van der Waals surface area contributed by atoms with Crippen molar-refractivity contribution in [3.05, 3.63) is 23.1 Å². The lowest BCUT2D eigenvalue weighted by molar-refractivity contribution is 0.102. The van der Waals surface area contributed by atoms with Crippen LogP contribution < -0.4 is 9.47 Å². The molecule has 18 heavy (non-hydrogen) atoms. The molecule has 0 amide bonds. The quantitative estimate of drug-likeness (QED) is 0.639. The first-order chi connectivity index (χ1) is 8.63. The van der Waals surface area contributed by atoms with Crippen molar-refractivity contribution in [2.24, 2.45) is 0 Å². The van der Waals surface area contributed by atoms with Gasteiger partial charge in [-0.2, -0.15) is 0 Å². The third-order valence-electron chi connectivity index (χ3n) is 2.62. The van der Waals surface area contributed by atoms with E-state index in [2.05, 4.69) is 0 Å². The number of thiophene rings is 1. The number of ether oxygens (including phenoxy) is 2. The summed E-state index contributed by atoms with van der Waals surface area (Å²) in [6.07, 6.45) is 1.53. The molecule has 0 bridgehead atoms. The maximum Gasteiger partial charge on any atom is 0.231 e. The van der Waals surface area contributed by atoms with Crippen molar-refractivity contribution in [1.29, 1.82) is 0 Å². The van der Waals surface area contributed by atoms with Crippen molar-refractivity contribution in [1.82, 2.24) is 0 Å². The van der Waals surface area contributed by atoms with Gasteiger partial charge in [-0.1, -0.05) is 0 Å². The van der Waals surface area contributed by atoms with Gasteiger partial charge in [0.2, 0.25) is 12.6 Å². The fourth-order valence-corrected chi connectivity index (χ4v) is 3.45. The highest BCUT2D eigenvalue weighted by atomic mass is 32.2. The highest BCUT2D eigenvalue weighted by Crippen LogP contribution is 2.39. The molecular formula is C12H10O4S2. The van der Waals surface area contributed by atoms with E-state index >= 15 is 0 Å². The third-order valence-corrected chi connectivity index (χ3v) is 4.43. The Morgan fingerprint density at radius 1 is 1.39 bits per heavy atom. The first-order valence-electron chi connectivity index (χ1n) is 5.30. The summed E-state index contributed by atoms with van der Waals surface area (Å²) in [5.74, 6) is 1.40. The summed E-state index contributed by atoms with van der Waals surface area (Å²) in [5.41, 5.74) is 0. The first kappa shape index (κ1) is 11.8. The molecular weight excluding hydrogens is 272 g/mol. The molecule has 0 saturated carbocycles. The lowest BCUT2D eigenvalue weighted by Gasteiger charge is -2.01. The molecule has 0 aliphatic carbocycles. The molecule has 3 rings (SSSR count). The third kappa shape index (κ3) is 2.07. The van der Waals surface area contributed by atoms with Crippen LogP contribution in [-0.4, -0.2) is 29.1 Å². The van der Waals surface area contributed by atoms with E-state index in [1.165, 1.54) is 17.6 Å². The molecule has 0 saturated heterocycles. The van der Waals surface area contributed by atoms with Crippen molar-refractivity contribution < 1.29 is 18.8 Å². The van der Waals surface area contributed by atoms with E-state index in [9.17, 15) is 9.35 Å². The number of fused-ring (bicyclic) bond motifs is 2. The summed E-state index contributed by atoms with van der Waals surface area (Å²) < 4.78 is 22.6. The van der Waals surface area contributed by atoms with Gasteiger partial charge in [0, 0.05) is 10.8 Å². The second-order valence-corrected chi connectivity index (χ2v) is 6.51. The standard InChI is InChI=1S/C12H10O4S2/c1-18(14)5-8(13)12-3-7-2-9-10(16-6-15-9)4-11(7)17-12/h2-4H,5-6H2,1H3. The van der Waals surface area contributed by atoms with Gasteiger partial charge in [-0.3, -0.25) is 4.79 Å². The number of carbonyl (C=O) groups excluding carboxylic acids is 1. The van der Waals surface area contributed by atoms with Gasteiger partial charge in [0.15, 0.2) is 17.3 Å². The molecule has 1 aliphatic rings. The Morgan fingerprint density at radius 2 is 2.11 bits per heavy atom. The SMILES string of the molecule is C[S+]([O-])CC(=O)c1cc2cc3c(cc2s1)OCO3. The van der Waals surface area contributed by atoms with E-state index < -0.39 is 11.2 Å². The predicted octanol–water partition coefficient (Wildman–Crippen LogP) is 2.19. The fourth-order valence-electron chi connectivity index (χ4n) is 1.82. The van der Waals surface area contributed by atoms with Crippen LogP contribution in [0.1, 0.15) is 9.67 Å². The molecule has 1 atom stereocenters. The zero-order chi connectivity index (χ0) is 12.7. The van der Waals surface area contributed by atoms with Crippen molar-refractivity contribution in [3.63, 3.8) is 0 Å². The lowest BCUT2D eigenvalue weighted by atomic mass is 10.2. The highest BCUT2D eigenvalue weighted by Gasteiger charge is 2.19. The molecule has 1 unspecified atom stereocenters. The number of rotatable bonds is 3. The Labute approximate surface area is 111 Å². The van der Waals surface area contributed by atoms with Crippen LogP contribution in [0, 0.1) is 0 Å². The molecule has 2 heterocycles. The van der Waals surface area contributed by atoms with Gasteiger partial charge in [-0.25, -0.2) is 0 Å². The molecule has 0 radical (unpaired) electrons. The van der Waals surface area contributed by atoms with Crippen molar-refractivity contribution >= 4 is 38.4 Å². The average molecular weight is 282 g/mol.